The first-order valence-corrected chi connectivity index (χ1v) is 9.25. The molecular weight excluding hydrogens is 394 g/mol. The number of nitrogens with zero attached hydrogens (tertiary/aromatic N) is 2. The Labute approximate surface area is 150 Å². The molecule has 0 aromatic heterocycles. The van der Waals surface area contributed by atoms with Crippen molar-refractivity contribution in [2.24, 2.45) is 0 Å². The van der Waals surface area contributed by atoms with Crippen LogP contribution in [-0.4, -0.2) is 39.8 Å². The molecule has 8 heteroatoms. The van der Waals surface area contributed by atoms with Crippen LogP contribution >= 0.6 is 15.9 Å². The standard InChI is InChI=1S/C16H18BrN3O3S/c1-19(2)24(22,23)20(3)13-10-8-12(9-11-13)16(21)18-15-7-5-4-6-14(15)17/h4-11H,1-3H3,(H,18,21). The zero-order valence-electron chi connectivity index (χ0n) is 13.5. The Morgan fingerprint density at radius 3 is 2.12 bits per heavy atom. The van der Waals surface area contributed by atoms with Crippen LogP contribution in [0.15, 0.2) is 53.0 Å². The van der Waals surface area contributed by atoms with Gasteiger partial charge < -0.3 is 5.32 Å². The van der Waals surface area contributed by atoms with Gasteiger partial charge in [0.05, 0.1) is 11.4 Å². The molecule has 0 saturated heterocycles. The Morgan fingerprint density at radius 2 is 1.58 bits per heavy atom. The minimum absolute atomic E-state index is 0.272. The van der Waals surface area contributed by atoms with Crippen molar-refractivity contribution >= 4 is 43.4 Å². The van der Waals surface area contributed by atoms with Crippen LogP contribution in [0.3, 0.4) is 0 Å². The Hall–Kier alpha value is -1.90. The predicted molar refractivity (Wildman–Crippen MR) is 99.5 cm³/mol. The predicted octanol–water partition coefficient (Wildman–Crippen LogP) is 2.94. The zero-order chi connectivity index (χ0) is 17.9. The number of hydrogen-bond acceptors (Lipinski definition) is 3. The minimum atomic E-state index is -3.56. The van der Waals surface area contributed by atoms with Crippen LogP contribution in [0, 0.1) is 0 Å². The van der Waals surface area contributed by atoms with E-state index in [9.17, 15) is 13.2 Å². The van der Waals surface area contributed by atoms with Crippen LogP contribution in [0.25, 0.3) is 0 Å². The average molecular weight is 412 g/mol. The Bertz CT molecular complexity index is 836. The molecule has 2 aromatic rings. The maximum atomic E-state index is 12.3. The zero-order valence-corrected chi connectivity index (χ0v) is 15.9. The fourth-order valence-electron chi connectivity index (χ4n) is 1.96. The summed E-state index contributed by atoms with van der Waals surface area (Å²) in [5.41, 5.74) is 1.57. The van der Waals surface area contributed by atoms with E-state index in [0.717, 1.165) is 13.1 Å². The first-order chi connectivity index (χ1) is 11.2. The lowest BCUT2D eigenvalue weighted by Gasteiger charge is -2.23. The maximum Gasteiger partial charge on any atom is 0.303 e. The van der Waals surface area contributed by atoms with E-state index in [2.05, 4.69) is 21.2 Å². The second-order valence-corrected chi connectivity index (χ2v) is 8.27. The molecule has 0 fully saturated rings. The summed E-state index contributed by atoms with van der Waals surface area (Å²) in [4.78, 5) is 12.3. The van der Waals surface area contributed by atoms with E-state index in [4.69, 9.17) is 0 Å². The third-order valence-corrected chi connectivity index (χ3v) is 5.94. The molecule has 0 aliphatic heterocycles. The molecule has 0 aliphatic carbocycles. The summed E-state index contributed by atoms with van der Waals surface area (Å²) < 4.78 is 27.3. The number of carbonyl (C=O) groups is 1. The number of hydrogen-bond donors (Lipinski definition) is 1. The van der Waals surface area contributed by atoms with Crippen LogP contribution in [0.1, 0.15) is 10.4 Å². The lowest BCUT2D eigenvalue weighted by molar-refractivity contribution is 0.102. The van der Waals surface area contributed by atoms with Gasteiger partial charge in [0, 0.05) is 31.2 Å². The summed E-state index contributed by atoms with van der Waals surface area (Å²) in [5.74, 6) is -0.272. The molecule has 24 heavy (non-hydrogen) atoms. The smallest absolute Gasteiger partial charge is 0.303 e. The third-order valence-electron chi connectivity index (χ3n) is 3.42. The van der Waals surface area contributed by atoms with E-state index < -0.39 is 10.2 Å². The minimum Gasteiger partial charge on any atom is -0.321 e. The summed E-state index contributed by atoms with van der Waals surface area (Å²) in [6.07, 6.45) is 0. The summed E-state index contributed by atoms with van der Waals surface area (Å²) >= 11 is 3.37. The molecule has 2 rings (SSSR count). The number of para-hydroxylation sites is 1. The van der Waals surface area contributed by atoms with E-state index in [1.54, 1.807) is 30.3 Å². The molecule has 0 heterocycles. The van der Waals surface area contributed by atoms with E-state index in [-0.39, 0.29) is 5.91 Å². The second kappa shape index (κ2) is 7.33. The Morgan fingerprint density at radius 1 is 1.00 bits per heavy atom. The van der Waals surface area contributed by atoms with Crippen molar-refractivity contribution in [3.63, 3.8) is 0 Å². The first-order valence-electron chi connectivity index (χ1n) is 7.06. The van der Waals surface area contributed by atoms with Crippen LogP contribution in [0.2, 0.25) is 0 Å². The van der Waals surface area contributed by atoms with Gasteiger partial charge in [-0.05, 0) is 52.3 Å². The number of anilines is 2. The average Bonchev–Trinajstić information content (AvgIpc) is 2.56. The van der Waals surface area contributed by atoms with Gasteiger partial charge in [0.1, 0.15) is 0 Å². The van der Waals surface area contributed by atoms with Crippen LogP contribution in [0.5, 0.6) is 0 Å². The molecule has 1 amide bonds. The maximum absolute atomic E-state index is 12.3. The van der Waals surface area contributed by atoms with Gasteiger partial charge in [-0.3, -0.25) is 9.10 Å². The Balaban J connectivity index is 2.18. The van der Waals surface area contributed by atoms with Crippen molar-refractivity contribution in [1.29, 1.82) is 0 Å². The van der Waals surface area contributed by atoms with E-state index in [0.29, 0.717) is 16.9 Å². The summed E-state index contributed by atoms with van der Waals surface area (Å²) in [6.45, 7) is 0. The number of benzene rings is 2. The van der Waals surface area contributed by atoms with Crippen LogP contribution in [0.4, 0.5) is 11.4 Å². The van der Waals surface area contributed by atoms with Crippen molar-refractivity contribution in [1.82, 2.24) is 4.31 Å². The number of nitrogens with one attached hydrogen (secondary N) is 1. The summed E-state index contributed by atoms with van der Waals surface area (Å²) in [6, 6.07) is 13.7. The molecule has 6 nitrogen and oxygen atoms in total. The van der Waals surface area contributed by atoms with E-state index in [1.165, 1.54) is 21.1 Å². The van der Waals surface area contributed by atoms with Gasteiger partial charge in [0.25, 0.3) is 5.91 Å². The van der Waals surface area contributed by atoms with Gasteiger partial charge in [-0.25, -0.2) is 0 Å². The molecule has 0 aliphatic rings. The molecule has 0 saturated carbocycles. The molecule has 128 valence electrons. The SMILES string of the molecule is CN(C)S(=O)(=O)N(C)c1ccc(C(=O)Nc2ccccc2Br)cc1. The fourth-order valence-corrected chi connectivity index (χ4v) is 3.22. The molecule has 2 aromatic carbocycles. The highest BCUT2D eigenvalue weighted by molar-refractivity contribution is 9.10. The molecule has 0 unspecified atom stereocenters. The Kier molecular flexibility index (Phi) is 5.63. The monoisotopic (exact) mass is 411 g/mol. The largest absolute Gasteiger partial charge is 0.321 e. The number of amides is 1. The van der Waals surface area contributed by atoms with Gasteiger partial charge >= 0.3 is 10.2 Å². The molecular formula is C16H18BrN3O3S. The van der Waals surface area contributed by atoms with Gasteiger partial charge in [0.2, 0.25) is 0 Å². The third kappa shape index (κ3) is 3.95. The first kappa shape index (κ1) is 18.4. The molecule has 0 radical (unpaired) electrons. The highest BCUT2D eigenvalue weighted by atomic mass is 79.9. The summed E-state index contributed by atoms with van der Waals surface area (Å²) in [7, 11) is 0.834. The number of carbonyl (C=O) groups excluding carboxylic acids is 1. The lowest BCUT2D eigenvalue weighted by Crippen LogP contribution is -2.37. The highest BCUT2D eigenvalue weighted by Crippen LogP contribution is 2.23. The van der Waals surface area contributed by atoms with Crippen LogP contribution < -0.4 is 9.62 Å². The number of rotatable bonds is 5. The van der Waals surface area contributed by atoms with Gasteiger partial charge in [-0.2, -0.15) is 12.7 Å². The lowest BCUT2D eigenvalue weighted by atomic mass is 10.2. The van der Waals surface area contributed by atoms with E-state index in [1.807, 2.05) is 18.2 Å². The van der Waals surface area contributed by atoms with Gasteiger partial charge in [-0.15, -0.1) is 0 Å². The quantitative estimate of drug-likeness (QED) is 0.821. The van der Waals surface area contributed by atoms with Crippen molar-refractivity contribution in [3.05, 3.63) is 58.6 Å². The summed E-state index contributed by atoms with van der Waals surface area (Å²) in [5, 5.41) is 2.80. The van der Waals surface area contributed by atoms with Crippen molar-refractivity contribution < 1.29 is 13.2 Å². The van der Waals surface area contributed by atoms with E-state index >= 15 is 0 Å². The molecule has 1 N–H and O–H groups in total. The molecule has 0 bridgehead atoms. The molecule has 0 atom stereocenters. The second-order valence-electron chi connectivity index (χ2n) is 5.24. The van der Waals surface area contributed by atoms with Crippen molar-refractivity contribution in [2.45, 2.75) is 0 Å². The highest BCUT2D eigenvalue weighted by Gasteiger charge is 2.21. The topological polar surface area (TPSA) is 69.7 Å². The van der Waals surface area contributed by atoms with Gasteiger partial charge in [-0.1, -0.05) is 12.1 Å². The molecule has 0 spiro atoms. The number of halogens is 1. The fraction of sp³-hybridized carbons (Fsp3) is 0.188. The van der Waals surface area contributed by atoms with Crippen LogP contribution in [-0.2, 0) is 10.2 Å². The normalized spacial score (nSPS) is 11.4. The van der Waals surface area contributed by atoms with Gasteiger partial charge in [0.15, 0.2) is 0 Å². The van der Waals surface area contributed by atoms with Crippen molar-refractivity contribution in [3.8, 4) is 0 Å². The van der Waals surface area contributed by atoms with Crippen molar-refractivity contribution in [2.75, 3.05) is 30.8 Å².